The van der Waals surface area contributed by atoms with Crippen LogP contribution in [0.4, 0.5) is 5.69 Å². The highest BCUT2D eigenvalue weighted by atomic mass is 16.7. The molecule has 140 valence electrons. The Balaban J connectivity index is 1.87. The van der Waals surface area contributed by atoms with E-state index in [4.69, 9.17) is 13.9 Å². The fourth-order valence-corrected chi connectivity index (χ4v) is 3.41. The molecule has 1 saturated heterocycles. The van der Waals surface area contributed by atoms with Gasteiger partial charge in [-0.25, -0.2) is 4.79 Å². The van der Waals surface area contributed by atoms with Crippen LogP contribution in [0.2, 0.25) is 0 Å². The maximum atomic E-state index is 12.0. The minimum absolute atomic E-state index is 0.124. The lowest BCUT2D eigenvalue weighted by molar-refractivity contribution is -0.225. The molecule has 2 heterocycles. The second-order valence-corrected chi connectivity index (χ2v) is 7.73. The van der Waals surface area contributed by atoms with E-state index in [1.807, 2.05) is 6.07 Å². The summed E-state index contributed by atoms with van der Waals surface area (Å²) in [7, 11) is 0. The highest BCUT2D eigenvalue weighted by Gasteiger charge is 2.39. The number of ether oxygens (including phenoxy) is 2. The van der Waals surface area contributed by atoms with Gasteiger partial charge in [0.25, 0.3) is 0 Å². The van der Waals surface area contributed by atoms with E-state index >= 15 is 0 Å². The van der Waals surface area contributed by atoms with Crippen molar-refractivity contribution in [3.05, 3.63) is 34.7 Å². The number of carbonyl (C=O) groups is 1. The van der Waals surface area contributed by atoms with Gasteiger partial charge in [-0.1, -0.05) is 13.8 Å². The highest BCUT2D eigenvalue weighted by Crippen LogP contribution is 2.37. The standard InChI is InChI=1S/C20H25NO5/c1-11-10-20(4,5)26-19(12(11)2)24-15-7-6-14-8-16(21-13(3)22)18(23)25-17(14)9-15/h6-9,11-12,19H,10H2,1-5H3,(H,21,22)/t11-,12?,19+/m0/s1. The van der Waals surface area contributed by atoms with E-state index in [0.717, 1.165) is 6.42 Å². The Morgan fingerprint density at radius 2 is 2.00 bits per heavy atom. The van der Waals surface area contributed by atoms with Gasteiger partial charge in [-0.2, -0.15) is 0 Å². The summed E-state index contributed by atoms with van der Waals surface area (Å²) in [6, 6.07) is 6.87. The number of amides is 1. The summed E-state index contributed by atoms with van der Waals surface area (Å²) in [6.45, 7) is 9.79. The summed E-state index contributed by atoms with van der Waals surface area (Å²) in [6.07, 6.45) is 0.614. The third-order valence-corrected chi connectivity index (χ3v) is 4.85. The summed E-state index contributed by atoms with van der Waals surface area (Å²) in [4.78, 5) is 23.2. The molecule has 1 aromatic heterocycles. The molecule has 1 N–H and O–H groups in total. The largest absolute Gasteiger partial charge is 0.464 e. The third-order valence-electron chi connectivity index (χ3n) is 4.85. The third kappa shape index (κ3) is 3.90. The van der Waals surface area contributed by atoms with Crippen LogP contribution in [-0.4, -0.2) is 17.8 Å². The quantitative estimate of drug-likeness (QED) is 0.840. The van der Waals surface area contributed by atoms with Gasteiger partial charge in [0.1, 0.15) is 17.0 Å². The summed E-state index contributed by atoms with van der Waals surface area (Å²) >= 11 is 0. The van der Waals surface area contributed by atoms with Crippen LogP contribution in [0.25, 0.3) is 11.0 Å². The van der Waals surface area contributed by atoms with Gasteiger partial charge in [0, 0.05) is 24.3 Å². The molecule has 0 aliphatic carbocycles. The van der Waals surface area contributed by atoms with Gasteiger partial charge < -0.3 is 19.2 Å². The molecule has 0 saturated carbocycles. The Bertz CT molecular complexity index is 885. The van der Waals surface area contributed by atoms with Crippen molar-refractivity contribution in [3.63, 3.8) is 0 Å². The van der Waals surface area contributed by atoms with Crippen molar-refractivity contribution in [2.75, 3.05) is 5.32 Å². The minimum Gasteiger partial charge on any atom is -0.464 e. The Kier molecular flexibility index (Phi) is 4.80. The van der Waals surface area contributed by atoms with Crippen molar-refractivity contribution in [1.82, 2.24) is 0 Å². The molecule has 6 heteroatoms. The lowest BCUT2D eigenvalue weighted by Crippen LogP contribution is -2.46. The first-order valence-electron chi connectivity index (χ1n) is 8.84. The molecule has 1 aromatic carbocycles. The molecule has 1 unspecified atom stereocenters. The van der Waals surface area contributed by atoms with Crippen LogP contribution in [0.5, 0.6) is 5.75 Å². The van der Waals surface area contributed by atoms with Crippen LogP contribution in [0.15, 0.2) is 33.5 Å². The first kappa shape index (κ1) is 18.5. The molecule has 2 aromatic rings. The zero-order chi connectivity index (χ0) is 19.1. The maximum absolute atomic E-state index is 12.0. The summed E-state index contributed by atoms with van der Waals surface area (Å²) in [5, 5.41) is 3.17. The summed E-state index contributed by atoms with van der Waals surface area (Å²) in [5.41, 5.74) is -0.314. The van der Waals surface area contributed by atoms with Gasteiger partial charge in [0.2, 0.25) is 12.2 Å². The molecule has 1 aliphatic rings. The van der Waals surface area contributed by atoms with Crippen LogP contribution in [0.1, 0.15) is 41.0 Å². The fourth-order valence-electron chi connectivity index (χ4n) is 3.41. The highest BCUT2D eigenvalue weighted by molar-refractivity contribution is 5.91. The van der Waals surface area contributed by atoms with E-state index < -0.39 is 5.63 Å². The number of benzene rings is 1. The molecular weight excluding hydrogens is 334 g/mol. The van der Waals surface area contributed by atoms with Crippen LogP contribution in [0, 0.1) is 11.8 Å². The molecule has 1 amide bonds. The number of nitrogens with one attached hydrogen (secondary N) is 1. The number of hydrogen-bond donors (Lipinski definition) is 1. The number of fused-ring (bicyclic) bond motifs is 1. The zero-order valence-corrected chi connectivity index (χ0v) is 15.8. The van der Waals surface area contributed by atoms with Crippen LogP contribution in [-0.2, 0) is 9.53 Å². The average molecular weight is 359 g/mol. The van der Waals surface area contributed by atoms with Crippen molar-refractivity contribution in [1.29, 1.82) is 0 Å². The fraction of sp³-hybridized carbons (Fsp3) is 0.500. The van der Waals surface area contributed by atoms with E-state index in [2.05, 4.69) is 33.0 Å². The van der Waals surface area contributed by atoms with Crippen molar-refractivity contribution in [2.24, 2.45) is 11.8 Å². The van der Waals surface area contributed by atoms with E-state index in [1.54, 1.807) is 18.2 Å². The number of hydrogen-bond acceptors (Lipinski definition) is 5. The van der Waals surface area contributed by atoms with Gasteiger partial charge in [0.15, 0.2) is 0 Å². The first-order valence-corrected chi connectivity index (χ1v) is 8.84. The first-order chi connectivity index (χ1) is 12.1. The van der Waals surface area contributed by atoms with Crippen LogP contribution < -0.4 is 15.7 Å². The molecule has 1 aliphatic heterocycles. The Labute approximate surface area is 152 Å². The molecule has 0 radical (unpaired) electrons. The Hall–Kier alpha value is -2.34. The number of anilines is 1. The Morgan fingerprint density at radius 3 is 2.69 bits per heavy atom. The summed E-state index contributed by atoms with van der Waals surface area (Å²) in [5.74, 6) is 0.974. The van der Waals surface area contributed by atoms with Crippen molar-refractivity contribution >= 4 is 22.6 Å². The van der Waals surface area contributed by atoms with Crippen molar-refractivity contribution in [2.45, 2.75) is 52.9 Å². The average Bonchev–Trinajstić information content (AvgIpc) is 2.52. The van der Waals surface area contributed by atoms with Gasteiger partial charge in [-0.15, -0.1) is 0 Å². The molecule has 3 atom stereocenters. The van der Waals surface area contributed by atoms with E-state index in [1.165, 1.54) is 6.92 Å². The molecule has 0 spiro atoms. The predicted molar refractivity (Wildman–Crippen MR) is 99.3 cm³/mol. The second-order valence-electron chi connectivity index (χ2n) is 7.73. The molecule has 1 fully saturated rings. The maximum Gasteiger partial charge on any atom is 0.360 e. The van der Waals surface area contributed by atoms with Crippen molar-refractivity contribution < 1.29 is 18.7 Å². The minimum atomic E-state index is -0.595. The molecule has 0 bridgehead atoms. The normalized spacial score (nSPS) is 25.0. The summed E-state index contributed by atoms with van der Waals surface area (Å²) < 4.78 is 17.5. The molecule has 3 rings (SSSR count). The smallest absolute Gasteiger partial charge is 0.360 e. The van der Waals surface area contributed by atoms with Crippen LogP contribution >= 0.6 is 0 Å². The molecule has 26 heavy (non-hydrogen) atoms. The van der Waals surface area contributed by atoms with Crippen molar-refractivity contribution in [3.8, 4) is 5.75 Å². The van der Waals surface area contributed by atoms with Crippen LogP contribution in [0.3, 0.4) is 0 Å². The van der Waals surface area contributed by atoms with E-state index in [0.29, 0.717) is 22.6 Å². The topological polar surface area (TPSA) is 77.8 Å². The number of rotatable bonds is 3. The van der Waals surface area contributed by atoms with E-state index in [9.17, 15) is 9.59 Å². The van der Waals surface area contributed by atoms with E-state index in [-0.39, 0.29) is 29.4 Å². The Morgan fingerprint density at radius 1 is 1.27 bits per heavy atom. The molecular formula is C20H25NO5. The lowest BCUT2D eigenvalue weighted by Gasteiger charge is -2.43. The van der Waals surface area contributed by atoms with Gasteiger partial charge in [-0.3, -0.25) is 4.79 Å². The lowest BCUT2D eigenvalue weighted by atomic mass is 9.82. The van der Waals surface area contributed by atoms with Gasteiger partial charge >= 0.3 is 5.63 Å². The number of carbonyl (C=O) groups excluding carboxylic acids is 1. The SMILES string of the molecule is CC(=O)Nc1cc2ccc(O[C@@H]3OC(C)(C)C[C@H](C)C3C)cc2oc1=O. The van der Waals surface area contributed by atoms with Gasteiger partial charge in [-0.05, 0) is 44.4 Å². The second kappa shape index (κ2) is 6.76. The monoisotopic (exact) mass is 359 g/mol. The molecule has 6 nitrogen and oxygen atoms in total. The predicted octanol–water partition coefficient (Wildman–Crippen LogP) is 3.93. The zero-order valence-electron chi connectivity index (χ0n) is 15.8. The van der Waals surface area contributed by atoms with Gasteiger partial charge in [0.05, 0.1) is 5.60 Å².